The van der Waals surface area contributed by atoms with E-state index in [0.717, 1.165) is 11.1 Å². The van der Waals surface area contributed by atoms with Gasteiger partial charge in [0.15, 0.2) is 4.34 Å². The first-order chi connectivity index (χ1) is 13.7. The number of benzene rings is 2. The number of ether oxygens (including phenoxy) is 1. The van der Waals surface area contributed by atoms with Crippen molar-refractivity contribution in [3.63, 3.8) is 0 Å². The summed E-state index contributed by atoms with van der Waals surface area (Å²) in [5, 5.41) is 11.1. The quantitative estimate of drug-likeness (QED) is 0.325. The van der Waals surface area contributed by atoms with E-state index in [9.17, 15) is 9.59 Å². The highest BCUT2D eigenvalue weighted by Gasteiger charge is 2.11. The summed E-state index contributed by atoms with van der Waals surface area (Å²) in [7, 11) is 0. The standard InChI is InChI=1S/C20H19N3O3S2/c24-17(12-11-15-7-3-1-4-8-15)21-19-22-23-20(28-19)27-14-18(25)26-13-16-9-5-2-6-10-16/h1-10H,11-14H2,(H,21,22,24). The summed E-state index contributed by atoms with van der Waals surface area (Å²) in [6.45, 7) is 0.249. The SMILES string of the molecule is O=C(CCc1ccccc1)Nc1nnc(SCC(=O)OCc2ccccc2)s1. The molecule has 0 unspecified atom stereocenters. The second kappa shape index (κ2) is 10.6. The maximum atomic E-state index is 12.0. The van der Waals surface area contributed by atoms with Crippen LogP contribution in [0.15, 0.2) is 65.0 Å². The Hall–Kier alpha value is -2.71. The lowest BCUT2D eigenvalue weighted by Gasteiger charge is -2.03. The Morgan fingerprint density at radius 1 is 0.964 bits per heavy atom. The fourth-order valence-electron chi connectivity index (χ4n) is 2.30. The van der Waals surface area contributed by atoms with Crippen LogP contribution in [0, 0.1) is 0 Å². The van der Waals surface area contributed by atoms with Crippen molar-refractivity contribution in [2.45, 2.75) is 23.8 Å². The molecule has 3 aromatic rings. The summed E-state index contributed by atoms with van der Waals surface area (Å²) >= 11 is 2.48. The van der Waals surface area contributed by atoms with Crippen molar-refractivity contribution in [2.24, 2.45) is 0 Å². The number of thioether (sulfide) groups is 1. The number of aromatic nitrogens is 2. The fraction of sp³-hybridized carbons (Fsp3) is 0.200. The van der Waals surface area contributed by atoms with E-state index in [4.69, 9.17) is 4.74 Å². The van der Waals surface area contributed by atoms with Crippen LogP contribution in [0.25, 0.3) is 0 Å². The Morgan fingerprint density at radius 3 is 2.36 bits per heavy atom. The zero-order chi connectivity index (χ0) is 19.6. The van der Waals surface area contributed by atoms with E-state index in [-0.39, 0.29) is 24.2 Å². The van der Waals surface area contributed by atoms with Crippen LogP contribution in [0.2, 0.25) is 0 Å². The summed E-state index contributed by atoms with van der Waals surface area (Å²) in [6.07, 6.45) is 1.04. The highest BCUT2D eigenvalue weighted by molar-refractivity contribution is 8.01. The van der Waals surface area contributed by atoms with Crippen molar-refractivity contribution in [3.8, 4) is 0 Å². The molecule has 1 aromatic heterocycles. The molecule has 2 aromatic carbocycles. The molecule has 1 heterocycles. The van der Waals surface area contributed by atoms with E-state index in [0.29, 0.717) is 22.3 Å². The van der Waals surface area contributed by atoms with E-state index >= 15 is 0 Å². The number of nitrogens with one attached hydrogen (secondary N) is 1. The van der Waals surface area contributed by atoms with E-state index in [1.54, 1.807) is 0 Å². The minimum Gasteiger partial charge on any atom is -0.460 e. The molecule has 1 N–H and O–H groups in total. The van der Waals surface area contributed by atoms with Crippen LogP contribution in [-0.2, 0) is 27.4 Å². The molecule has 0 aliphatic rings. The first-order valence-corrected chi connectivity index (χ1v) is 10.5. The van der Waals surface area contributed by atoms with Crippen molar-refractivity contribution in [1.29, 1.82) is 0 Å². The van der Waals surface area contributed by atoms with Crippen molar-refractivity contribution < 1.29 is 14.3 Å². The largest absolute Gasteiger partial charge is 0.460 e. The van der Waals surface area contributed by atoms with Crippen LogP contribution in [0.4, 0.5) is 5.13 Å². The maximum Gasteiger partial charge on any atom is 0.316 e. The molecule has 0 saturated heterocycles. The smallest absolute Gasteiger partial charge is 0.316 e. The van der Waals surface area contributed by atoms with Gasteiger partial charge in [-0.05, 0) is 17.5 Å². The zero-order valence-electron chi connectivity index (χ0n) is 15.0. The number of hydrogen-bond acceptors (Lipinski definition) is 7. The highest BCUT2D eigenvalue weighted by Crippen LogP contribution is 2.25. The minimum atomic E-state index is -0.322. The lowest BCUT2D eigenvalue weighted by atomic mass is 10.1. The molecule has 0 aliphatic carbocycles. The number of nitrogens with zero attached hydrogens (tertiary/aromatic N) is 2. The molecule has 0 saturated carbocycles. The highest BCUT2D eigenvalue weighted by atomic mass is 32.2. The molecule has 28 heavy (non-hydrogen) atoms. The van der Waals surface area contributed by atoms with Gasteiger partial charge in [0, 0.05) is 6.42 Å². The summed E-state index contributed by atoms with van der Waals surface area (Å²) < 4.78 is 5.83. The van der Waals surface area contributed by atoms with Crippen molar-refractivity contribution in [2.75, 3.05) is 11.1 Å². The lowest BCUT2D eigenvalue weighted by Crippen LogP contribution is -2.12. The Labute approximate surface area is 171 Å². The number of aryl methyl sites for hydroxylation is 1. The van der Waals surface area contributed by atoms with E-state index in [2.05, 4.69) is 15.5 Å². The number of carbonyl (C=O) groups is 2. The van der Waals surface area contributed by atoms with Crippen molar-refractivity contribution in [3.05, 3.63) is 71.8 Å². The van der Waals surface area contributed by atoms with Gasteiger partial charge in [0.05, 0.1) is 5.75 Å². The van der Waals surface area contributed by atoms with Gasteiger partial charge < -0.3 is 10.1 Å². The van der Waals surface area contributed by atoms with Crippen molar-refractivity contribution in [1.82, 2.24) is 10.2 Å². The molecular weight excluding hydrogens is 394 g/mol. The van der Waals surface area contributed by atoms with Crippen LogP contribution in [-0.4, -0.2) is 27.8 Å². The first-order valence-electron chi connectivity index (χ1n) is 8.68. The Bertz CT molecular complexity index is 901. The van der Waals surface area contributed by atoms with Crippen LogP contribution in [0.5, 0.6) is 0 Å². The molecule has 6 nitrogen and oxygen atoms in total. The van der Waals surface area contributed by atoms with Gasteiger partial charge in [0.1, 0.15) is 6.61 Å². The summed E-state index contributed by atoms with van der Waals surface area (Å²) in [5.41, 5.74) is 2.05. The lowest BCUT2D eigenvalue weighted by molar-refractivity contribution is -0.141. The average molecular weight is 414 g/mol. The van der Waals surface area contributed by atoms with Gasteiger partial charge in [-0.25, -0.2) is 0 Å². The van der Waals surface area contributed by atoms with Gasteiger partial charge in [-0.15, -0.1) is 10.2 Å². The van der Waals surface area contributed by atoms with Crippen LogP contribution < -0.4 is 5.32 Å². The average Bonchev–Trinajstić information content (AvgIpc) is 3.18. The summed E-state index contributed by atoms with van der Waals surface area (Å²) in [4.78, 5) is 23.9. The number of hydrogen-bond donors (Lipinski definition) is 1. The zero-order valence-corrected chi connectivity index (χ0v) is 16.7. The van der Waals surface area contributed by atoms with Gasteiger partial charge in [-0.2, -0.15) is 0 Å². The molecule has 0 aliphatic heterocycles. The Morgan fingerprint density at radius 2 is 1.64 bits per heavy atom. The molecule has 8 heteroatoms. The minimum absolute atomic E-state index is 0.112. The number of esters is 1. The van der Waals surface area contributed by atoms with Gasteiger partial charge >= 0.3 is 5.97 Å². The fourth-order valence-corrected chi connectivity index (χ4v) is 3.87. The van der Waals surface area contributed by atoms with Gasteiger partial charge in [-0.1, -0.05) is 83.8 Å². The first kappa shape index (κ1) is 20.0. The topological polar surface area (TPSA) is 81.2 Å². The Kier molecular flexibility index (Phi) is 7.57. The molecule has 144 valence electrons. The molecule has 0 fully saturated rings. The van der Waals surface area contributed by atoms with Gasteiger partial charge in [0.2, 0.25) is 11.0 Å². The number of carbonyl (C=O) groups excluding carboxylic acids is 2. The molecule has 0 radical (unpaired) electrons. The maximum absolute atomic E-state index is 12.0. The van der Waals surface area contributed by atoms with Crippen LogP contribution in [0.3, 0.4) is 0 Å². The van der Waals surface area contributed by atoms with Crippen LogP contribution in [0.1, 0.15) is 17.5 Å². The predicted octanol–water partition coefficient (Wildman–Crippen LogP) is 3.94. The second-order valence-corrected chi connectivity index (χ2v) is 8.04. The van der Waals surface area contributed by atoms with Crippen LogP contribution >= 0.6 is 23.1 Å². The Balaban J connectivity index is 1.37. The number of amides is 1. The second-order valence-electron chi connectivity index (χ2n) is 5.84. The third-order valence-corrected chi connectivity index (χ3v) is 5.64. The van der Waals surface area contributed by atoms with Gasteiger partial charge in [0.25, 0.3) is 0 Å². The molecule has 0 atom stereocenters. The van der Waals surface area contributed by atoms with E-state index in [1.807, 2.05) is 60.7 Å². The molecular formula is C20H19N3O3S2. The third kappa shape index (κ3) is 6.79. The third-order valence-electron chi connectivity index (χ3n) is 3.69. The molecule has 0 bridgehead atoms. The van der Waals surface area contributed by atoms with E-state index < -0.39 is 0 Å². The monoisotopic (exact) mass is 413 g/mol. The van der Waals surface area contributed by atoms with E-state index in [1.165, 1.54) is 23.1 Å². The normalized spacial score (nSPS) is 10.4. The molecule has 3 rings (SSSR count). The summed E-state index contributed by atoms with van der Waals surface area (Å²) in [6, 6.07) is 19.3. The molecule has 0 spiro atoms. The predicted molar refractivity (Wildman–Crippen MR) is 110 cm³/mol. The number of rotatable bonds is 9. The van der Waals surface area contributed by atoms with Gasteiger partial charge in [-0.3, -0.25) is 9.59 Å². The van der Waals surface area contributed by atoms with Crippen molar-refractivity contribution >= 4 is 40.1 Å². The number of anilines is 1. The molecule has 1 amide bonds. The summed E-state index contributed by atoms with van der Waals surface area (Å²) in [5.74, 6) is -0.292.